The standard InChI is InChI=1S/C21H40O6S12/c22-1-3-28-5-6-36-20(24)13-32-16-31-9-12-39(27)19-35-17-34-18-37-21(25)14-33-15-30-8-11-38(26)10-7-29-4-2-23/h22-23H,1-19H2. The maximum Gasteiger partial charge on any atom is 0.199 e. The number of rotatable bonds is 30. The molecule has 2 unspecified atom stereocenters. The summed E-state index contributed by atoms with van der Waals surface area (Å²) in [6, 6.07) is 0. The van der Waals surface area contributed by atoms with Crippen molar-refractivity contribution in [1.82, 2.24) is 0 Å². The van der Waals surface area contributed by atoms with Crippen molar-refractivity contribution in [2.24, 2.45) is 0 Å². The lowest BCUT2D eigenvalue weighted by molar-refractivity contribution is -0.109. The number of aliphatic hydroxyl groups is 2. The van der Waals surface area contributed by atoms with Crippen molar-refractivity contribution < 1.29 is 28.2 Å². The van der Waals surface area contributed by atoms with Crippen LogP contribution in [-0.2, 0) is 31.2 Å². The highest BCUT2D eigenvalue weighted by atomic mass is 32.3. The molecule has 2 N–H and O–H groups in total. The van der Waals surface area contributed by atoms with Crippen LogP contribution in [0.3, 0.4) is 0 Å². The maximum absolute atomic E-state index is 12.1. The van der Waals surface area contributed by atoms with Gasteiger partial charge in [-0.3, -0.25) is 18.0 Å². The van der Waals surface area contributed by atoms with E-state index in [4.69, 9.17) is 10.2 Å². The first-order chi connectivity index (χ1) is 19.0. The summed E-state index contributed by atoms with van der Waals surface area (Å²) in [5.41, 5.74) is 0. The minimum absolute atomic E-state index is 0.169. The molecule has 18 heteroatoms. The van der Waals surface area contributed by atoms with Crippen molar-refractivity contribution in [3.63, 3.8) is 0 Å². The van der Waals surface area contributed by atoms with Gasteiger partial charge in [-0.1, -0.05) is 23.5 Å². The Balaban J connectivity index is 3.41. The van der Waals surface area contributed by atoms with Crippen LogP contribution in [0.15, 0.2) is 0 Å². The molecule has 0 aromatic rings. The van der Waals surface area contributed by atoms with Crippen LogP contribution >= 0.6 is 118 Å². The minimum atomic E-state index is -0.849. The molecule has 0 saturated carbocycles. The van der Waals surface area contributed by atoms with Crippen LogP contribution in [0.4, 0.5) is 0 Å². The summed E-state index contributed by atoms with van der Waals surface area (Å²) in [5, 5.41) is 21.6. The molecule has 2 atom stereocenters. The number of carbonyl (C=O) groups is 2. The molecule has 0 aliphatic rings. The molecule has 0 amide bonds. The van der Waals surface area contributed by atoms with E-state index in [2.05, 4.69) is 0 Å². The van der Waals surface area contributed by atoms with Crippen molar-refractivity contribution in [2.45, 2.75) is 0 Å². The lowest BCUT2D eigenvalue weighted by atomic mass is 10.9. The summed E-state index contributed by atoms with van der Waals surface area (Å²) in [6.07, 6.45) is 0. The van der Waals surface area contributed by atoms with Crippen LogP contribution in [-0.4, -0.2) is 137 Å². The fraction of sp³-hybridized carbons (Fsp3) is 0.905. The zero-order chi connectivity index (χ0) is 28.8. The quantitative estimate of drug-likeness (QED) is 0.0782. The van der Waals surface area contributed by atoms with E-state index in [1.54, 1.807) is 94.1 Å². The highest BCUT2D eigenvalue weighted by molar-refractivity contribution is 8.29. The summed E-state index contributed by atoms with van der Waals surface area (Å²) in [5.74, 6) is 8.61. The van der Waals surface area contributed by atoms with Gasteiger partial charge in [-0.25, -0.2) is 0 Å². The fourth-order valence-electron chi connectivity index (χ4n) is 2.06. The second-order valence-electron chi connectivity index (χ2n) is 6.91. The number of hydrogen-bond acceptors (Lipinski definition) is 16. The zero-order valence-corrected chi connectivity index (χ0v) is 31.7. The van der Waals surface area contributed by atoms with Gasteiger partial charge in [-0.15, -0.1) is 47.0 Å². The Bertz CT molecular complexity index is 647. The monoisotopic (exact) mass is 772 g/mol. The van der Waals surface area contributed by atoms with E-state index in [1.807, 2.05) is 0 Å². The third-order valence-corrected chi connectivity index (χ3v) is 19.2. The SMILES string of the molecule is O=C(CSCSCCS(=O)CSCSCSC(=O)CSCSCCS(=O)CCSCCO)SCCSCCO. The molecule has 0 radical (unpaired) electrons. The molecule has 0 aliphatic heterocycles. The third-order valence-electron chi connectivity index (χ3n) is 3.79. The lowest BCUT2D eigenvalue weighted by Crippen LogP contribution is -2.07. The molecule has 0 aliphatic carbocycles. The maximum atomic E-state index is 12.1. The summed E-state index contributed by atoms with van der Waals surface area (Å²) < 4.78 is 24.0. The minimum Gasteiger partial charge on any atom is -0.396 e. The molecular formula is C21H40O6S12. The average molecular weight is 773 g/mol. The van der Waals surface area contributed by atoms with Crippen LogP contribution in [0, 0.1) is 0 Å². The summed E-state index contributed by atoms with van der Waals surface area (Å²) >= 11 is 16.0. The Morgan fingerprint density at radius 3 is 1.62 bits per heavy atom. The Kier molecular flexibility index (Phi) is 36.6. The van der Waals surface area contributed by atoms with Gasteiger partial charge in [-0.05, 0) is 0 Å². The molecule has 0 saturated heterocycles. The highest BCUT2D eigenvalue weighted by Crippen LogP contribution is 2.22. The van der Waals surface area contributed by atoms with Crippen LogP contribution < -0.4 is 0 Å². The average Bonchev–Trinajstić information content (AvgIpc) is 2.92. The van der Waals surface area contributed by atoms with Crippen LogP contribution in [0.1, 0.15) is 0 Å². The third kappa shape index (κ3) is 33.8. The van der Waals surface area contributed by atoms with Gasteiger partial charge in [0.2, 0.25) is 0 Å². The number of hydrogen-bond donors (Lipinski definition) is 2. The largest absolute Gasteiger partial charge is 0.396 e. The normalized spacial score (nSPS) is 13.0. The van der Waals surface area contributed by atoms with Gasteiger partial charge < -0.3 is 10.2 Å². The molecule has 0 heterocycles. The van der Waals surface area contributed by atoms with Gasteiger partial charge in [0.15, 0.2) is 10.2 Å². The van der Waals surface area contributed by atoms with Gasteiger partial charge in [0.25, 0.3) is 0 Å². The second-order valence-corrected chi connectivity index (χ2v) is 22.8. The second kappa shape index (κ2) is 33.9. The molecule has 0 aromatic carbocycles. The zero-order valence-electron chi connectivity index (χ0n) is 21.9. The van der Waals surface area contributed by atoms with E-state index < -0.39 is 21.6 Å². The van der Waals surface area contributed by atoms with Gasteiger partial charge in [-0.2, -0.15) is 47.0 Å². The van der Waals surface area contributed by atoms with Crippen molar-refractivity contribution in [3.05, 3.63) is 0 Å². The highest BCUT2D eigenvalue weighted by Gasteiger charge is 2.06. The van der Waals surface area contributed by atoms with E-state index in [0.717, 1.165) is 49.8 Å². The Hall–Kier alpha value is 3.06. The predicted octanol–water partition coefficient (Wildman–Crippen LogP) is 4.64. The van der Waals surface area contributed by atoms with E-state index in [0.29, 0.717) is 44.7 Å². The number of aliphatic hydroxyl groups excluding tert-OH is 2. The van der Waals surface area contributed by atoms with Crippen LogP contribution in [0.2, 0.25) is 0 Å². The van der Waals surface area contributed by atoms with Crippen LogP contribution in [0.5, 0.6) is 0 Å². The smallest absolute Gasteiger partial charge is 0.199 e. The summed E-state index contributed by atoms with van der Waals surface area (Å²) in [4.78, 5) is 23.7. The topological polar surface area (TPSA) is 109 Å². The lowest BCUT2D eigenvalue weighted by Gasteiger charge is -2.04. The van der Waals surface area contributed by atoms with Gasteiger partial charge in [0.1, 0.15) is 0 Å². The molecule has 0 bridgehead atoms. The van der Waals surface area contributed by atoms with E-state index in [1.165, 1.54) is 23.5 Å². The fourth-order valence-corrected chi connectivity index (χ4v) is 16.0. The first-order valence-electron chi connectivity index (χ1n) is 11.8. The molecule has 6 nitrogen and oxygen atoms in total. The molecule has 232 valence electrons. The van der Waals surface area contributed by atoms with E-state index >= 15 is 0 Å². The molecule has 0 fully saturated rings. The Morgan fingerprint density at radius 2 is 1.00 bits per heavy atom. The van der Waals surface area contributed by atoms with E-state index in [-0.39, 0.29) is 23.4 Å². The van der Waals surface area contributed by atoms with Crippen molar-refractivity contribution >= 4 is 149 Å². The summed E-state index contributed by atoms with van der Waals surface area (Å²) in [6.45, 7) is 0.352. The van der Waals surface area contributed by atoms with Crippen LogP contribution in [0.25, 0.3) is 0 Å². The van der Waals surface area contributed by atoms with Crippen molar-refractivity contribution in [3.8, 4) is 0 Å². The van der Waals surface area contributed by atoms with Crippen molar-refractivity contribution in [1.29, 1.82) is 0 Å². The first kappa shape index (κ1) is 42.1. The number of thioether (sulfide) groups is 10. The molecule has 0 spiro atoms. The molecule has 0 aromatic heterocycles. The Morgan fingerprint density at radius 1 is 0.487 bits per heavy atom. The molecular weight excluding hydrogens is 733 g/mol. The first-order valence-corrected chi connectivity index (χ1v) is 26.0. The predicted molar refractivity (Wildman–Crippen MR) is 199 cm³/mol. The molecule has 39 heavy (non-hydrogen) atoms. The van der Waals surface area contributed by atoms with Gasteiger partial charge in [0.05, 0.1) is 29.8 Å². The van der Waals surface area contributed by atoms with Gasteiger partial charge in [0, 0.05) is 99.5 Å². The van der Waals surface area contributed by atoms with Gasteiger partial charge >= 0.3 is 0 Å². The summed E-state index contributed by atoms with van der Waals surface area (Å²) in [7, 11) is -1.65. The Labute approximate surface area is 282 Å². The van der Waals surface area contributed by atoms with Crippen molar-refractivity contribution in [2.75, 3.05) is 108 Å². The number of carbonyl (C=O) groups excluding carboxylic acids is 2. The van der Waals surface area contributed by atoms with E-state index in [9.17, 15) is 18.0 Å². The molecule has 0 rings (SSSR count).